The summed E-state index contributed by atoms with van der Waals surface area (Å²) in [5.74, 6) is -0.154. The number of furan rings is 2. The molecule has 1 aromatic carbocycles. The summed E-state index contributed by atoms with van der Waals surface area (Å²) in [6.07, 6.45) is 1.66. The van der Waals surface area contributed by atoms with Gasteiger partial charge in [-0.3, -0.25) is 0 Å². The van der Waals surface area contributed by atoms with E-state index in [4.69, 9.17) is 19.3 Å². The number of carbonyl (C=O) groups excluding carboxylic acids is 2. The fraction of sp³-hybridized carbons (Fsp3) is 0.0667. The highest BCUT2D eigenvalue weighted by Crippen LogP contribution is 2.36. The molecule has 3 aromatic rings. The van der Waals surface area contributed by atoms with E-state index < -0.39 is 12.1 Å². The van der Waals surface area contributed by atoms with E-state index in [2.05, 4.69) is 4.74 Å². The average Bonchev–Trinajstić information content (AvgIpc) is 3.12. The zero-order valence-electron chi connectivity index (χ0n) is 11.5. The van der Waals surface area contributed by atoms with Crippen molar-refractivity contribution in [1.29, 1.82) is 0 Å². The van der Waals surface area contributed by atoms with E-state index in [0.29, 0.717) is 22.3 Å². The topological polar surface area (TPSA) is 105 Å². The number of fused-ring (bicyclic) bond motifs is 1. The van der Waals surface area contributed by atoms with E-state index in [1.165, 1.54) is 19.6 Å². The smallest absolute Gasteiger partial charge is 0.412 e. The Morgan fingerprint density at radius 1 is 1.23 bits per heavy atom. The third-order valence-corrected chi connectivity index (χ3v) is 3.08. The van der Waals surface area contributed by atoms with Gasteiger partial charge in [-0.1, -0.05) is 0 Å². The van der Waals surface area contributed by atoms with Crippen LogP contribution in [0.5, 0.6) is 5.75 Å². The van der Waals surface area contributed by atoms with Crippen molar-refractivity contribution in [3.05, 3.63) is 42.4 Å². The zero-order chi connectivity index (χ0) is 15.7. The van der Waals surface area contributed by atoms with Crippen LogP contribution in [-0.2, 0) is 4.74 Å². The highest BCUT2D eigenvalue weighted by atomic mass is 16.6. The Labute approximate surface area is 124 Å². The molecule has 0 unspecified atom stereocenters. The maximum atomic E-state index is 12.2. The molecule has 0 fully saturated rings. The van der Waals surface area contributed by atoms with Crippen molar-refractivity contribution in [2.24, 2.45) is 5.73 Å². The fourth-order valence-corrected chi connectivity index (χ4v) is 2.15. The number of esters is 1. The van der Waals surface area contributed by atoms with Crippen LogP contribution in [0.4, 0.5) is 4.79 Å². The lowest BCUT2D eigenvalue weighted by Gasteiger charge is -2.01. The van der Waals surface area contributed by atoms with Crippen LogP contribution in [0.15, 0.2) is 45.6 Å². The number of hydrogen-bond donors (Lipinski definition) is 1. The van der Waals surface area contributed by atoms with E-state index in [0.717, 1.165) is 0 Å². The second-order valence-corrected chi connectivity index (χ2v) is 4.39. The molecule has 0 saturated heterocycles. The van der Waals surface area contributed by atoms with E-state index in [1.807, 2.05) is 0 Å². The molecule has 0 bridgehead atoms. The first kappa shape index (κ1) is 13.7. The van der Waals surface area contributed by atoms with Gasteiger partial charge in [0.05, 0.1) is 18.9 Å². The third kappa shape index (κ3) is 2.28. The van der Waals surface area contributed by atoms with Crippen LogP contribution in [-0.4, -0.2) is 19.2 Å². The molecule has 2 aromatic heterocycles. The minimum atomic E-state index is -1.19. The second-order valence-electron chi connectivity index (χ2n) is 4.39. The number of primary amides is 1. The van der Waals surface area contributed by atoms with Crippen LogP contribution in [0, 0.1) is 0 Å². The molecule has 0 aliphatic heterocycles. The van der Waals surface area contributed by atoms with Gasteiger partial charge in [0.25, 0.3) is 0 Å². The van der Waals surface area contributed by atoms with Crippen LogP contribution >= 0.6 is 0 Å². The lowest BCUT2D eigenvalue weighted by atomic mass is 10.1. The Balaban J connectivity index is 2.25. The molecule has 0 atom stereocenters. The van der Waals surface area contributed by atoms with Gasteiger partial charge in [0.15, 0.2) is 5.76 Å². The number of nitrogens with two attached hydrogens (primary N) is 1. The van der Waals surface area contributed by atoms with Crippen molar-refractivity contribution in [3.8, 4) is 17.1 Å². The molecule has 3 rings (SSSR count). The van der Waals surface area contributed by atoms with E-state index in [9.17, 15) is 9.59 Å². The molecule has 0 saturated carbocycles. The quantitative estimate of drug-likeness (QED) is 0.589. The minimum absolute atomic E-state index is 0.0779. The van der Waals surface area contributed by atoms with Crippen molar-refractivity contribution < 1.29 is 27.9 Å². The van der Waals surface area contributed by atoms with Gasteiger partial charge in [-0.2, -0.15) is 0 Å². The van der Waals surface area contributed by atoms with Crippen molar-refractivity contribution in [3.63, 3.8) is 0 Å². The Bertz CT molecular complexity index is 846. The summed E-state index contributed by atoms with van der Waals surface area (Å²) in [7, 11) is 1.50. The minimum Gasteiger partial charge on any atom is -0.497 e. The standard InChI is InChI=1S/C15H11NO6/c1-19-9-2-3-11-10(6-9)12(14(17)22-15(16)18)13(21-11)8-4-5-20-7-8/h2-7H,1H3,(H2,16,18). The molecule has 2 N–H and O–H groups in total. The van der Waals surface area contributed by atoms with Crippen LogP contribution in [0.1, 0.15) is 10.4 Å². The predicted octanol–water partition coefficient (Wildman–Crippen LogP) is 2.94. The summed E-state index contributed by atoms with van der Waals surface area (Å²) >= 11 is 0. The van der Waals surface area contributed by atoms with Crippen LogP contribution in [0.2, 0.25) is 0 Å². The van der Waals surface area contributed by atoms with Crippen LogP contribution in [0.3, 0.4) is 0 Å². The van der Waals surface area contributed by atoms with Crippen molar-refractivity contribution in [2.45, 2.75) is 0 Å². The first-order chi connectivity index (χ1) is 10.6. The molecule has 2 heterocycles. The molecule has 0 aliphatic carbocycles. The molecule has 0 spiro atoms. The van der Waals surface area contributed by atoms with Gasteiger partial charge in [0.1, 0.15) is 23.2 Å². The predicted molar refractivity (Wildman–Crippen MR) is 75.5 cm³/mol. The molecule has 7 nitrogen and oxygen atoms in total. The second kappa shape index (κ2) is 5.28. The molecule has 0 radical (unpaired) electrons. The van der Waals surface area contributed by atoms with Crippen LogP contribution in [0.25, 0.3) is 22.3 Å². The largest absolute Gasteiger partial charge is 0.497 e. The maximum Gasteiger partial charge on any atom is 0.412 e. The van der Waals surface area contributed by atoms with Gasteiger partial charge in [-0.15, -0.1) is 0 Å². The molecule has 1 amide bonds. The number of rotatable bonds is 3. The third-order valence-electron chi connectivity index (χ3n) is 3.08. The summed E-state index contributed by atoms with van der Waals surface area (Å²) < 4.78 is 20.3. The number of benzene rings is 1. The van der Waals surface area contributed by atoms with Gasteiger partial charge in [-0.25, -0.2) is 9.59 Å². The number of carbonyl (C=O) groups is 2. The lowest BCUT2D eigenvalue weighted by Crippen LogP contribution is -2.18. The Morgan fingerprint density at radius 2 is 2.05 bits per heavy atom. The van der Waals surface area contributed by atoms with Gasteiger partial charge in [-0.05, 0) is 24.3 Å². The van der Waals surface area contributed by atoms with E-state index in [1.54, 1.807) is 24.3 Å². The van der Waals surface area contributed by atoms with Gasteiger partial charge in [0, 0.05) is 5.39 Å². The number of ether oxygens (including phenoxy) is 2. The number of hydrogen-bond acceptors (Lipinski definition) is 6. The molecule has 0 aliphatic rings. The fourth-order valence-electron chi connectivity index (χ4n) is 2.15. The summed E-state index contributed by atoms with van der Waals surface area (Å²) in [5, 5.41) is 0.446. The average molecular weight is 301 g/mol. The molecule has 22 heavy (non-hydrogen) atoms. The van der Waals surface area contributed by atoms with Crippen LogP contribution < -0.4 is 10.5 Å². The first-order valence-corrected chi connectivity index (χ1v) is 6.25. The van der Waals surface area contributed by atoms with Gasteiger partial charge < -0.3 is 24.0 Å². The summed E-state index contributed by atoms with van der Waals surface area (Å²) in [6, 6.07) is 6.57. The van der Waals surface area contributed by atoms with E-state index in [-0.39, 0.29) is 11.3 Å². The van der Waals surface area contributed by atoms with Crippen molar-refractivity contribution >= 4 is 23.0 Å². The van der Waals surface area contributed by atoms with Gasteiger partial charge in [0.2, 0.25) is 0 Å². The van der Waals surface area contributed by atoms with E-state index >= 15 is 0 Å². The SMILES string of the molecule is COc1ccc2oc(-c3ccoc3)c(C(=O)OC(N)=O)c2c1. The summed E-state index contributed by atoms with van der Waals surface area (Å²) in [4.78, 5) is 23.1. The summed E-state index contributed by atoms with van der Waals surface area (Å²) in [5.41, 5.74) is 5.96. The first-order valence-electron chi connectivity index (χ1n) is 6.25. The van der Waals surface area contributed by atoms with Crippen molar-refractivity contribution in [1.82, 2.24) is 0 Å². The maximum absolute atomic E-state index is 12.2. The number of amides is 1. The highest BCUT2D eigenvalue weighted by Gasteiger charge is 2.25. The molecule has 112 valence electrons. The normalized spacial score (nSPS) is 10.6. The molecular formula is C15H11NO6. The monoisotopic (exact) mass is 301 g/mol. The Kier molecular flexibility index (Phi) is 3.30. The van der Waals surface area contributed by atoms with Crippen molar-refractivity contribution in [2.75, 3.05) is 7.11 Å². The molecular weight excluding hydrogens is 290 g/mol. The number of methoxy groups -OCH3 is 1. The Morgan fingerprint density at radius 3 is 2.68 bits per heavy atom. The highest BCUT2D eigenvalue weighted by molar-refractivity contribution is 6.11. The zero-order valence-corrected chi connectivity index (χ0v) is 11.5. The summed E-state index contributed by atoms with van der Waals surface area (Å²) in [6.45, 7) is 0. The lowest BCUT2D eigenvalue weighted by molar-refractivity contribution is 0.0640. The Hall–Kier alpha value is -3.22. The van der Waals surface area contributed by atoms with Gasteiger partial charge >= 0.3 is 12.1 Å². The molecule has 7 heteroatoms.